The lowest BCUT2D eigenvalue weighted by molar-refractivity contribution is 0.0941. The van der Waals surface area contributed by atoms with Gasteiger partial charge in [-0.15, -0.1) is 0 Å². The maximum absolute atomic E-state index is 13.2. The van der Waals surface area contributed by atoms with Crippen molar-refractivity contribution in [3.8, 4) is 0 Å². The molecule has 0 aliphatic carbocycles. The van der Waals surface area contributed by atoms with Crippen LogP contribution in [0.2, 0.25) is 10.0 Å². The van der Waals surface area contributed by atoms with E-state index in [-0.39, 0.29) is 10.6 Å². The van der Waals surface area contributed by atoms with E-state index in [1.54, 1.807) is 24.5 Å². The smallest absolute Gasteiger partial charge is 0.253 e. The third-order valence-corrected chi connectivity index (χ3v) is 4.34. The number of nitrogens with one attached hydrogen (secondary N) is 1. The van der Waals surface area contributed by atoms with Crippen molar-refractivity contribution in [2.45, 2.75) is 6.04 Å². The Morgan fingerprint density at radius 2 is 1.92 bits per heavy atom. The van der Waals surface area contributed by atoms with Gasteiger partial charge in [0.25, 0.3) is 5.91 Å². The second kappa shape index (κ2) is 7.25. The van der Waals surface area contributed by atoms with Crippen LogP contribution in [0.5, 0.6) is 0 Å². The SMILES string of the molecule is Cn1ccnc1[C@@H](NC(=O)c1ccc(F)cc1Cl)c1ccc(Cl)cc1. The number of aromatic nitrogens is 2. The molecule has 0 saturated heterocycles. The summed E-state index contributed by atoms with van der Waals surface area (Å²) in [6.45, 7) is 0. The molecule has 1 atom stereocenters. The maximum Gasteiger partial charge on any atom is 0.253 e. The number of carbonyl (C=O) groups excluding carboxylic acids is 1. The number of benzene rings is 2. The van der Waals surface area contributed by atoms with Crippen LogP contribution in [-0.4, -0.2) is 15.5 Å². The summed E-state index contributed by atoms with van der Waals surface area (Å²) in [7, 11) is 1.84. The van der Waals surface area contributed by atoms with Crippen molar-refractivity contribution in [3.05, 3.63) is 87.7 Å². The van der Waals surface area contributed by atoms with E-state index in [0.29, 0.717) is 10.8 Å². The molecule has 0 saturated carbocycles. The summed E-state index contributed by atoms with van der Waals surface area (Å²) in [5.74, 6) is -0.276. The average Bonchev–Trinajstić information content (AvgIpc) is 2.99. The van der Waals surface area contributed by atoms with Gasteiger partial charge in [-0.3, -0.25) is 4.79 Å². The van der Waals surface area contributed by atoms with E-state index in [1.807, 2.05) is 23.7 Å². The Morgan fingerprint density at radius 1 is 1.20 bits per heavy atom. The number of hydrogen-bond donors (Lipinski definition) is 1. The normalized spacial score (nSPS) is 12.0. The summed E-state index contributed by atoms with van der Waals surface area (Å²) in [6.07, 6.45) is 3.44. The van der Waals surface area contributed by atoms with E-state index in [9.17, 15) is 9.18 Å². The van der Waals surface area contributed by atoms with Crippen LogP contribution in [0.3, 0.4) is 0 Å². The Balaban J connectivity index is 1.96. The molecule has 3 rings (SSSR count). The van der Waals surface area contributed by atoms with Crippen molar-refractivity contribution in [1.82, 2.24) is 14.9 Å². The number of rotatable bonds is 4. The van der Waals surface area contributed by atoms with Crippen molar-refractivity contribution < 1.29 is 9.18 Å². The molecule has 3 aromatic rings. The number of aryl methyl sites for hydroxylation is 1. The van der Waals surface area contributed by atoms with E-state index < -0.39 is 17.8 Å². The van der Waals surface area contributed by atoms with Crippen molar-refractivity contribution >= 4 is 29.1 Å². The Kier molecular flexibility index (Phi) is 5.06. The molecule has 0 fully saturated rings. The molecular formula is C18H14Cl2FN3O. The fourth-order valence-corrected chi connectivity index (χ4v) is 2.87. The maximum atomic E-state index is 13.2. The second-order valence-corrected chi connectivity index (χ2v) is 6.32. The van der Waals surface area contributed by atoms with Crippen molar-refractivity contribution in [1.29, 1.82) is 0 Å². The summed E-state index contributed by atoms with van der Waals surface area (Å²) in [4.78, 5) is 17.0. The monoisotopic (exact) mass is 377 g/mol. The molecule has 0 aliphatic heterocycles. The first-order valence-corrected chi connectivity index (χ1v) is 8.20. The van der Waals surface area contributed by atoms with Crippen LogP contribution in [0.25, 0.3) is 0 Å². The van der Waals surface area contributed by atoms with Crippen LogP contribution in [0.4, 0.5) is 4.39 Å². The molecule has 4 nitrogen and oxygen atoms in total. The first kappa shape index (κ1) is 17.5. The zero-order valence-corrected chi connectivity index (χ0v) is 14.7. The lowest BCUT2D eigenvalue weighted by atomic mass is 10.1. The lowest BCUT2D eigenvalue weighted by Crippen LogP contribution is -2.31. The number of hydrogen-bond acceptors (Lipinski definition) is 2. The number of halogens is 3. The van der Waals surface area contributed by atoms with Gasteiger partial charge in [0, 0.05) is 24.5 Å². The Labute approximate surface area is 154 Å². The van der Waals surface area contributed by atoms with Crippen molar-refractivity contribution in [2.24, 2.45) is 7.05 Å². The molecule has 1 aromatic heterocycles. The van der Waals surface area contributed by atoms with E-state index in [1.165, 1.54) is 12.1 Å². The number of imidazole rings is 1. The Morgan fingerprint density at radius 3 is 2.52 bits per heavy atom. The third kappa shape index (κ3) is 3.83. The topological polar surface area (TPSA) is 46.9 Å². The minimum atomic E-state index is -0.508. The first-order valence-electron chi connectivity index (χ1n) is 7.44. The molecule has 128 valence electrons. The van der Waals surface area contributed by atoms with Gasteiger partial charge in [0.15, 0.2) is 0 Å². The van der Waals surface area contributed by atoms with E-state index >= 15 is 0 Å². The van der Waals surface area contributed by atoms with Gasteiger partial charge in [-0.1, -0.05) is 35.3 Å². The zero-order chi connectivity index (χ0) is 18.0. The van der Waals surface area contributed by atoms with Crippen molar-refractivity contribution in [3.63, 3.8) is 0 Å². The average molecular weight is 378 g/mol. The molecule has 1 heterocycles. The molecule has 1 amide bonds. The highest BCUT2D eigenvalue weighted by Gasteiger charge is 2.22. The second-order valence-electron chi connectivity index (χ2n) is 5.48. The van der Waals surface area contributed by atoms with Gasteiger partial charge in [0.05, 0.1) is 10.6 Å². The summed E-state index contributed by atoms with van der Waals surface area (Å²) < 4.78 is 15.0. The predicted octanol–water partition coefficient (Wildman–Crippen LogP) is 4.39. The van der Waals surface area contributed by atoms with Crippen LogP contribution in [0.15, 0.2) is 54.9 Å². The molecule has 0 spiro atoms. The van der Waals surface area contributed by atoms with E-state index in [0.717, 1.165) is 11.6 Å². The lowest BCUT2D eigenvalue weighted by Gasteiger charge is -2.19. The minimum Gasteiger partial charge on any atom is -0.338 e. The van der Waals surface area contributed by atoms with Crippen LogP contribution >= 0.6 is 23.2 Å². The van der Waals surface area contributed by atoms with E-state index in [2.05, 4.69) is 10.3 Å². The first-order chi connectivity index (χ1) is 12.0. The largest absolute Gasteiger partial charge is 0.338 e. The quantitative estimate of drug-likeness (QED) is 0.732. The van der Waals surface area contributed by atoms with E-state index in [4.69, 9.17) is 23.2 Å². The Hall–Kier alpha value is -2.37. The van der Waals surface area contributed by atoms with Crippen LogP contribution in [0, 0.1) is 5.82 Å². The fraction of sp³-hybridized carbons (Fsp3) is 0.111. The number of carbonyl (C=O) groups is 1. The molecule has 0 unspecified atom stereocenters. The van der Waals surface area contributed by atoms with Gasteiger partial charge in [0.1, 0.15) is 17.7 Å². The third-order valence-electron chi connectivity index (χ3n) is 3.77. The fourth-order valence-electron chi connectivity index (χ4n) is 2.49. The number of nitrogens with zero attached hydrogens (tertiary/aromatic N) is 2. The zero-order valence-electron chi connectivity index (χ0n) is 13.2. The molecule has 0 aliphatic rings. The highest BCUT2D eigenvalue weighted by molar-refractivity contribution is 6.33. The van der Waals surface area contributed by atoms with Gasteiger partial charge in [0.2, 0.25) is 0 Å². The van der Waals surface area contributed by atoms with Gasteiger partial charge >= 0.3 is 0 Å². The highest BCUT2D eigenvalue weighted by atomic mass is 35.5. The summed E-state index contributed by atoms with van der Waals surface area (Å²) in [6, 6.07) is 10.2. The molecule has 1 N–H and O–H groups in total. The Bertz CT molecular complexity index is 909. The molecule has 2 aromatic carbocycles. The van der Waals surface area contributed by atoms with Crippen LogP contribution in [0.1, 0.15) is 27.8 Å². The molecule has 25 heavy (non-hydrogen) atoms. The van der Waals surface area contributed by atoms with Crippen LogP contribution in [-0.2, 0) is 7.05 Å². The van der Waals surface area contributed by atoms with Gasteiger partial charge in [-0.25, -0.2) is 9.37 Å². The predicted molar refractivity (Wildman–Crippen MR) is 95.4 cm³/mol. The minimum absolute atomic E-state index is 0.0483. The van der Waals surface area contributed by atoms with Gasteiger partial charge < -0.3 is 9.88 Å². The highest BCUT2D eigenvalue weighted by Crippen LogP contribution is 2.24. The molecule has 0 bridgehead atoms. The van der Waals surface area contributed by atoms with Crippen LogP contribution < -0.4 is 5.32 Å². The molecular weight excluding hydrogens is 364 g/mol. The molecule has 0 radical (unpaired) electrons. The number of amides is 1. The molecule has 7 heteroatoms. The van der Waals surface area contributed by atoms with Gasteiger partial charge in [-0.05, 0) is 35.9 Å². The standard InChI is InChI=1S/C18H14Cl2FN3O/c1-24-9-8-22-17(24)16(11-2-4-12(19)5-3-11)23-18(25)14-7-6-13(21)10-15(14)20/h2-10,16H,1H3,(H,23,25)/t16-/m0/s1. The van der Waals surface area contributed by atoms with Gasteiger partial charge in [-0.2, -0.15) is 0 Å². The van der Waals surface area contributed by atoms with Crippen molar-refractivity contribution in [2.75, 3.05) is 0 Å². The summed E-state index contributed by atoms with van der Waals surface area (Å²) in [5.41, 5.74) is 1.00. The summed E-state index contributed by atoms with van der Waals surface area (Å²) >= 11 is 11.9. The summed E-state index contributed by atoms with van der Waals surface area (Å²) in [5, 5.41) is 3.54.